The molecule has 1 heteroatoms. The Morgan fingerprint density at radius 3 is 2.12 bits per heavy atom. The molecule has 1 aromatic rings. The summed E-state index contributed by atoms with van der Waals surface area (Å²) in [6, 6.07) is 10.6. The average Bonchev–Trinajstić information content (AvgIpc) is 2.25. The van der Waals surface area contributed by atoms with Gasteiger partial charge in [0.15, 0.2) is 0 Å². The fourth-order valence-electron chi connectivity index (χ4n) is 1.89. The molecule has 0 amide bonds. The van der Waals surface area contributed by atoms with Crippen LogP contribution in [0.25, 0.3) is 0 Å². The lowest BCUT2D eigenvalue weighted by molar-refractivity contribution is 0.698. The van der Waals surface area contributed by atoms with Gasteiger partial charge in [-0.05, 0) is 17.0 Å². The van der Waals surface area contributed by atoms with E-state index in [1.807, 2.05) is 0 Å². The maximum absolute atomic E-state index is 5.79. The van der Waals surface area contributed by atoms with Crippen molar-refractivity contribution in [1.82, 2.24) is 0 Å². The molecule has 1 unspecified atom stereocenters. The average molecular weight is 244 g/mol. The summed E-state index contributed by atoms with van der Waals surface area (Å²) in [4.78, 5) is 0. The van der Waals surface area contributed by atoms with Crippen molar-refractivity contribution < 1.29 is 0 Å². The Morgan fingerprint density at radius 1 is 1.18 bits per heavy atom. The Labute approximate surface area is 107 Å². The van der Waals surface area contributed by atoms with Crippen molar-refractivity contribution in [2.75, 3.05) is 0 Å². The van der Waals surface area contributed by atoms with Gasteiger partial charge < -0.3 is 0 Å². The smallest absolute Gasteiger partial charge is 0.0700 e. The molecule has 0 nitrogen and oxygen atoms in total. The van der Waals surface area contributed by atoms with E-state index in [4.69, 9.17) is 6.42 Å². The minimum atomic E-state index is -1.45. The summed E-state index contributed by atoms with van der Waals surface area (Å²) < 4.78 is 0. The van der Waals surface area contributed by atoms with E-state index in [1.165, 1.54) is 5.56 Å². The zero-order valence-corrected chi connectivity index (χ0v) is 12.7. The Bertz CT molecular complexity index is 390. The fourth-order valence-corrected chi connectivity index (χ4v) is 4.10. The molecule has 1 aromatic carbocycles. The van der Waals surface area contributed by atoms with Crippen LogP contribution in [-0.2, 0) is 6.42 Å². The molecular formula is C16H24Si. The van der Waals surface area contributed by atoms with Crippen molar-refractivity contribution >= 4 is 8.07 Å². The van der Waals surface area contributed by atoms with Gasteiger partial charge in [-0.3, -0.25) is 0 Å². The second kappa shape index (κ2) is 5.10. The maximum atomic E-state index is 5.79. The third-order valence-electron chi connectivity index (χ3n) is 4.29. The predicted octanol–water partition coefficient (Wildman–Crippen LogP) is 4.74. The SMILES string of the molecule is C#CC(Cc1ccccc1)[Si](C)(C)C(C)(C)C. The Hall–Kier alpha value is -1.00. The fraction of sp³-hybridized carbons (Fsp3) is 0.500. The summed E-state index contributed by atoms with van der Waals surface area (Å²) in [6.07, 6.45) is 6.81. The molecule has 0 aliphatic carbocycles. The maximum Gasteiger partial charge on any atom is 0.0700 e. The lowest BCUT2D eigenvalue weighted by atomic mass is 10.1. The van der Waals surface area contributed by atoms with Crippen LogP contribution in [0.15, 0.2) is 30.3 Å². The first-order chi connectivity index (χ1) is 7.79. The summed E-state index contributed by atoms with van der Waals surface area (Å²) in [6.45, 7) is 11.8. The first kappa shape index (κ1) is 14.1. The summed E-state index contributed by atoms with van der Waals surface area (Å²) >= 11 is 0. The first-order valence-electron chi connectivity index (χ1n) is 6.29. The van der Waals surface area contributed by atoms with E-state index >= 15 is 0 Å². The molecule has 0 fully saturated rings. The molecule has 92 valence electrons. The van der Waals surface area contributed by atoms with E-state index in [0.717, 1.165) is 6.42 Å². The second-order valence-corrected chi connectivity index (χ2v) is 12.0. The molecule has 0 bridgehead atoms. The van der Waals surface area contributed by atoms with Crippen LogP contribution in [0.2, 0.25) is 23.7 Å². The van der Waals surface area contributed by atoms with Gasteiger partial charge in [0.05, 0.1) is 8.07 Å². The van der Waals surface area contributed by atoms with E-state index in [9.17, 15) is 0 Å². The van der Waals surface area contributed by atoms with Crippen molar-refractivity contribution in [1.29, 1.82) is 0 Å². The van der Waals surface area contributed by atoms with Crippen LogP contribution in [0.5, 0.6) is 0 Å². The molecule has 0 aromatic heterocycles. The van der Waals surface area contributed by atoms with Crippen LogP contribution in [0.4, 0.5) is 0 Å². The van der Waals surface area contributed by atoms with E-state index in [2.05, 4.69) is 70.1 Å². The first-order valence-corrected chi connectivity index (χ1v) is 9.37. The molecule has 0 heterocycles. The lowest BCUT2D eigenvalue weighted by Crippen LogP contribution is -2.42. The van der Waals surface area contributed by atoms with Gasteiger partial charge in [0, 0.05) is 5.54 Å². The Kier molecular flexibility index (Phi) is 4.22. The third kappa shape index (κ3) is 3.23. The van der Waals surface area contributed by atoms with Gasteiger partial charge in [-0.15, -0.1) is 12.3 Å². The largest absolute Gasteiger partial charge is 0.120 e. The highest BCUT2D eigenvalue weighted by Crippen LogP contribution is 2.44. The highest BCUT2D eigenvalue weighted by Gasteiger charge is 2.41. The van der Waals surface area contributed by atoms with Crippen LogP contribution < -0.4 is 0 Å². The van der Waals surface area contributed by atoms with E-state index in [0.29, 0.717) is 10.6 Å². The van der Waals surface area contributed by atoms with E-state index in [-0.39, 0.29) is 0 Å². The molecule has 0 saturated heterocycles. The summed E-state index contributed by atoms with van der Waals surface area (Å²) in [7, 11) is -1.45. The van der Waals surface area contributed by atoms with Gasteiger partial charge in [-0.25, -0.2) is 0 Å². The highest BCUT2D eigenvalue weighted by molar-refractivity contribution is 6.82. The monoisotopic (exact) mass is 244 g/mol. The van der Waals surface area contributed by atoms with Crippen LogP contribution in [-0.4, -0.2) is 8.07 Å². The van der Waals surface area contributed by atoms with Crippen LogP contribution in [0, 0.1) is 12.3 Å². The highest BCUT2D eigenvalue weighted by atomic mass is 28.3. The number of benzene rings is 1. The van der Waals surface area contributed by atoms with Gasteiger partial charge >= 0.3 is 0 Å². The van der Waals surface area contributed by atoms with Gasteiger partial charge in [0.1, 0.15) is 0 Å². The van der Waals surface area contributed by atoms with Gasteiger partial charge in [-0.1, -0.05) is 64.2 Å². The summed E-state index contributed by atoms with van der Waals surface area (Å²) in [5.41, 5.74) is 1.77. The van der Waals surface area contributed by atoms with Crippen molar-refractivity contribution in [2.45, 2.75) is 50.9 Å². The van der Waals surface area contributed by atoms with E-state index in [1.54, 1.807) is 0 Å². The molecule has 0 aliphatic rings. The topological polar surface area (TPSA) is 0 Å². The number of hydrogen-bond acceptors (Lipinski definition) is 0. The molecule has 17 heavy (non-hydrogen) atoms. The zero-order valence-electron chi connectivity index (χ0n) is 11.7. The van der Waals surface area contributed by atoms with Crippen molar-refractivity contribution in [2.24, 2.45) is 0 Å². The number of terminal acetylenes is 1. The minimum absolute atomic E-state index is 0.346. The molecule has 0 saturated carbocycles. The standard InChI is InChI=1S/C16H24Si/c1-7-15(17(5,6)16(2,3)4)13-14-11-9-8-10-12-14/h1,8-12,15H,13H2,2-6H3. The van der Waals surface area contributed by atoms with Crippen LogP contribution in [0.1, 0.15) is 26.3 Å². The molecule has 0 N–H and O–H groups in total. The normalized spacial score (nSPS) is 14.1. The molecule has 0 aliphatic heterocycles. The molecule has 1 rings (SSSR count). The zero-order chi connectivity index (χ0) is 13.1. The quantitative estimate of drug-likeness (QED) is 0.532. The third-order valence-corrected chi connectivity index (χ3v) is 10.3. The minimum Gasteiger partial charge on any atom is -0.120 e. The van der Waals surface area contributed by atoms with Crippen LogP contribution >= 0.6 is 0 Å². The van der Waals surface area contributed by atoms with Crippen molar-refractivity contribution in [3.05, 3.63) is 35.9 Å². The Morgan fingerprint density at radius 2 is 1.71 bits per heavy atom. The molecule has 0 radical (unpaired) electrons. The predicted molar refractivity (Wildman–Crippen MR) is 79.9 cm³/mol. The second-order valence-electron chi connectivity index (χ2n) is 6.38. The lowest BCUT2D eigenvalue weighted by Gasteiger charge is -2.41. The van der Waals surface area contributed by atoms with Crippen molar-refractivity contribution in [3.63, 3.8) is 0 Å². The van der Waals surface area contributed by atoms with Gasteiger partial charge in [0.2, 0.25) is 0 Å². The van der Waals surface area contributed by atoms with Crippen LogP contribution in [0.3, 0.4) is 0 Å². The Balaban J connectivity index is 2.91. The number of rotatable bonds is 3. The summed E-state index contributed by atoms with van der Waals surface area (Å²) in [5, 5.41) is 0.346. The molecular weight excluding hydrogens is 220 g/mol. The molecule has 0 spiro atoms. The summed E-state index contributed by atoms with van der Waals surface area (Å²) in [5.74, 6) is 3.06. The van der Waals surface area contributed by atoms with E-state index < -0.39 is 8.07 Å². The van der Waals surface area contributed by atoms with Crippen molar-refractivity contribution in [3.8, 4) is 12.3 Å². The van der Waals surface area contributed by atoms with Gasteiger partial charge in [-0.2, -0.15) is 0 Å². The number of hydrogen-bond donors (Lipinski definition) is 0. The van der Waals surface area contributed by atoms with Gasteiger partial charge in [0.25, 0.3) is 0 Å². The molecule has 1 atom stereocenters.